The first-order chi connectivity index (χ1) is 9.95. The number of benzene rings is 2. The first-order valence-corrected chi connectivity index (χ1v) is 6.59. The number of rotatable bonds is 5. The fourth-order valence-corrected chi connectivity index (χ4v) is 1.98. The van der Waals surface area contributed by atoms with Gasteiger partial charge in [-0.1, -0.05) is 30.3 Å². The maximum absolute atomic E-state index is 12.6. The van der Waals surface area contributed by atoms with E-state index < -0.39 is 11.7 Å². The second-order valence-corrected chi connectivity index (χ2v) is 4.73. The minimum atomic E-state index is -4.42. The predicted molar refractivity (Wildman–Crippen MR) is 76.1 cm³/mol. The Balaban J connectivity index is 1.90. The highest BCUT2D eigenvalue weighted by Gasteiger charge is 2.31. The molecule has 0 heterocycles. The summed E-state index contributed by atoms with van der Waals surface area (Å²) in [4.78, 5) is 0. The number of halogens is 3. The van der Waals surface area contributed by atoms with Crippen LogP contribution in [0, 0.1) is 0 Å². The smallest absolute Gasteiger partial charge is 0.416 e. The molecule has 0 aromatic heterocycles. The molecule has 0 bridgehead atoms. The molecular formula is C16H16F3NO. The summed E-state index contributed by atoms with van der Waals surface area (Å²) in [5.74, 6) is 0.149. The highest BCUT2D eigenvalue weighted by atomic mass is 19.4. The van der Waals surface area contributed by atoms with Gasteiger partial charge in [0.05, 0.1) is 12.2 Å². The van der Waals surface area contributed by atoms with Crippen LogP contribution in [0.25, 0.3) is 0 Å². The zero-order valence-corrected chi connectivity index (χ0v) is 11.4. The zero-order chi connectivity index (χ0) is 15.3. The summed E-state index contributed by atoms with van der Waals surface area (Å²) >= 11 is 0. The van der Waals surface area contributed by atoms with Crippen LogP contribution in [0.3, 0.4) is 0 Å². The Labute approximate surface area is 121 Å². The summed E-state index contributed by atoms with van der Waals surface area (Å²) in [7, 11) is 0. The number of anilines is 1. The molecule has 0 atom stereocenters. The van der Waals surface area contributed by atoms with Crippen molar-refractivity contribution in [1.29, 1.82) is 0 Å². The van der Waals surface area contributed by atoms with Crippen molar-refractivity contribution in [2.75, 3.05) is 12.3 Å². The van der Waals surface area contributed by atoms with Gasteiger partial charge in [0.2, 0.25) is 0 Å². The third-order valence-corrected chi connectivity index (χ3v) is 2.98. The lowest BCUT2D eigenvalue weighted by atomic mass is 10.1. The Morgan fingerprint density at radius 3 is 2.38 bits per heavy atom. The van der Waals surface area contributed by atoms with E-state index in [2.05, 4.69) is 0 Å². The first kappa shape index (κ1) is 15.2. The number of nitrogen functional groups attached to an aromatic ring is 1. The zero-order valence-electron chi connectivity index (χ0n) is 11.4. The largest absolute Gasteiger partial charge is 0.493 e. The lowest BCUT2D eigenvalue weighted by Gasteiger charge is -2.11. The van der Waals surface area contributed by atoms with Gasteiger partial charge in [-0.15, -0.1) is 0 Å². The van der Waals surface area contributed by atoms with Crippen molar-refractivity contribution in [3.63, 3.8) is 0 Å². The third-order valence-electron chi connectivity index (χ3n) is 2.98. The van der Waals surface area contributed by atoms with E-state index in [1.807, 2.05) is 30.3 Å². The molecule has 0 spiro atoms. The van der Waals surface area contributed by atoms with Gasteiger partial charge in [-0.25, -0.2) is 0 Å². The van der Waals surface area contributed by atoms with Crippen molar-refractivity contribution in [2.45, 2.75) is 19.0 Å². The summed E-state index contributed by atoms with van der Waals surface area (Å²) in [6.45, 7) is 0.343. The van der Waals surface area contributed by atoms with Crippen LogP contribution in [0.4, 0.5) is 18.9 Å². The van der Waals surface area contributed by atoms with Crippen LogP contribution in [0.15, 0.2) is 48.5 Å². The molecule has 2 aromatic carbocycles. The first-order valence-electron chi connectivity index (χ1n) is 6.59. The fourth-order valence-electron chi connectivity index (χ4n) is 1.98. The molecule has 21 heavy (non-hydrogen) atoms. The second kappa shape index (κ2) is 6.52. The van der Waals surface area contributed by atoms with Crippen molar-refractivity contribution >= 4 is 5.69 Å². The van der Waals surface area contributed by atoms with Crippen molar-refractivity contribution < 1.29 is 17.9 Å². The number of nitrogens with two attached hydrogens (primary N) is 1. The molecule has 0 aliphatic rings. The number of ether oxygens (including phenoxy) is 1. The van der Waals surface area contributed by atoms with Crippen molar-refractivity contribution in [1.82, 2.24) is 0 Å². The molecule has 112 valence electrons. The van der Waals surface area contributed by atoms with E-state index in [1.165, 1.54) is 11.6 Å². The Kier molecular flexibility index (Phi) is 4.73. The molecule has 0 aliphatic heterocycles. The van der Waals surface area contributed by atoms with E-state index in [-0.39, 0.29) is 11.4 Å². The van der Waals surface area contributed by atoms with Crippen LogP contribution in [0.1, 0.15) is 17.5 Å². The SMILES string of the molecule is Nc1cc(OCCCc2ccccc2)cc(C(F)(F)F)c1. The molecule has 0 aliphatic carbocycles. The second-order valence-electron chi connectivity index (χ2n) is 4.73. The molecule has 2 N–H and O–H groups in total. The van der Waals surface area contributed by atoms with E-state index >= 15 is 0 Å². The van der Waals surface area contributed by atoms with Gasteiger partial charge < -0.3 is 10.5 Å². The van der Waals surface area contributed by atoms with Crippen LogP contribution in [-0.4, -0.2) is 6.61 Å². The third kappa shape index (κ3) is 4.70. The average Bonchev–Trinajstić information content (AvgIpc) is 2.43. The van der Waals surface area contributed by atoms with Gasteiger partial charge in [0.15, 0.2) is 0 Å². The summed E-state index contributed by atoms with van der Waals surface area (Å²) in [5.41, 5.74) is 5.90. The summed E-state index contributed by atoms with van der Waals surface area (Å²) < 4.78 is 43.3. The maximum Gasteiger partial charge on any atom is 0.416 e. The molecule has 0 fully saturated rings. The molecule has 5 heteroatoms. The van der Waals surface area contributed by atoms with E-state index in [0.717, 1.165) is 25.0 Å². The molecule has 0 saturated carbocycles. The van der Waals surface area contributed by atoms with Gasteiger partial charge in [0.25, 0.3) is 0 Å². The van der Waals surface area contributed by atoms with E-state index in [4.69, 9.17) is 10.5 Å². The lowest BCUT2D eigenvalue weighted by Crippen LogP contribution is -2.07. The minimum absolute atomic E-state index is 0.0443. The molecule has 0 radical (unpaired) electrons. The van der Waals surface area contributed by atoms with E-state index in [0.29, 0.717) is 6.61 Å². The Morgan fingerprint density at radius 2 is 1.71 bits per heavy atom. The standard InChI is InChI=1S/C16H16F3NO/c17-16(18,19)13-9-14(20)11-15(10-13)21-8-4-7-12-5-2-1-3-6-12/h1-3,5-6,9-11H,4,7-8,20H2. The normalized spacial score (nSPS) is 11.4. The molecule has 0 unspecified atom stereocenters. The van der Waals surface area contributed by atoms with Gasteiger partial charge in [-0.2, -0.15) is 13.2 Å². The quantitative estimate of drug-likeness (QED) is 0.659. The Hall–Kier alpha value is -2.17. The topological polar surface area (TPSA) is 35.2 Å². The lowest BCUT2D eigenvalue weighted by molar-refractivity contribution is -0.137. The molecular weight excluding hydrogens is 279 g/mol. The number of hydrogen-bond acceptors (Lipinski definition) is 2. The van der Waals surface area contributed by atoms with E-state index in [1.54, 1.807) is 0 Å². The van der Waals surface area contributed by atoms with Crippen molar-refractivity contribution in [2.24, 2.45) is 0 Å². The van der Waals surface area contributed by atoms with Crippen LogP contribution < -0.4 is 10.5 Å². The van der Waals surface area contributed by atoms with Gasteiger partial charge in [-0.3, -0.25) is 0 Å². The van der Waals surface area contributed by atoms with Crippen LogP contribution in [-0.2, 0) is 12.6 Å². The summed E-state index contributed by atoms with van der Waals surface area (Å²) in [6.07, 6.45) is -2.88. The average molecular weight is 295 g/mol. The van der Waals surface area contributed by atoms with Crippen LogP contribution in [0.2, 0.25) is 0 Å². The van der Waals surface area contributed by atoms with Gasteiger partial charge >= 0.3 is 6.18 Å². The molecule has 0 amide bonds. The fraction of sp³-hybridized carbons (Fsp3) is 0.250. The van der Waals surface area contributed by atoms with E-state index in [9.17, 15) is 13.2 Å². The summed E-state index contributed by atoms with van der Waals surface area (Å²) in [6, 6.07) is 13.1. The number of aryl methyl sites for hydroxylation is 1. The van der Waals surface area contributed by atoms with Gasteiger partial charge in [0, 0.05) is 11.8 Å². The molecule has 2 rings (SSSR count). The number of alkyl halides is 3. The minimum Gasteiger partial charge on any atom is -0.493 e. The Bertz CT molecular complexity index is 582. The van der Waals surface area contributed by atoms with Crippen molar-refractivity contribution in [3.05, 3.63) is 59.7 Å². The monoisotopic (exact) mass is 295 g/mol. The number of hydrogen-bond donors (Lipinski definition) is 1. The van der Waals surface area contributed by atoms with Gasteiger partial charge in [-0.05, 0) is 30.5 Å². The van der Waals surface area contributed by atoms with Crippen molar-refractivity contribution in [3.8, 4) is 5.75 Å². The predicted octanol–water partition coefficient (Wildman–Crippen LogP) is 4.30. The molecule has 0 saturated heterocycles. The summed E-state index contributed by atoms with van der Waals surface area (Å²) in [5, 5.41) is 0. The van der Waals surface area contributed by atoms with Crippen LogP contribution >= 0.6 is 0 Å². The van der Waals surface area contributed by atoms with Gasteiger partial charge in [0.1, 0.15) is 5.75 Å². The van der Waals surface area contributed by atoms with Crippen LogP contribution in [0.5, 0.6) is 5.75 Å². The highest BCUT2D eigenvalue weighted by Crippen LogP contribution is 2.33. The Morgan fingerprint density at radius 1 is 1.00 bits per heavy atom. The highest BCUT2D eigenvalue weighted by molar-refractivity contribution is 5.48. The molecule has 2 aromatic rings. The molecule has 2 nitrogen and oxygen atoms in total. The maximum atomic E-state index is 12.6.